The Morgan fingerprint density at radius 3 is 2.93 bits per heavy atom. The molecule has 80 valence electrons. The van der Waals surface area contributed by atoms with Gasteiger partial charge in [0.2, 0.25) is 0 Å². The minimum Gasteiger partial charge on any atom is -0.380 e. The van der Waals surface area contributed by atoms with E-state index in [9.17, 15) is 0 Å². The van der Waals surface area contributed by atoms with E-state index in [-0.39, 0.29) is 5.54 Å². The zero-order valence-corrected chi connectivity index (χ0v) is 9.27. The van der Waals surface area contributed by atoms with Crippen molar-refractivity contribution in [1.29, 1.82) is 0 Å². The molecule has 0 saturated heterocycles. The monoisotopic (exact) mass is 223 g/mol. The average Bonchev–Trinajstić information content (AvgIpc) is 2.67. The average molecular weight is 224 g/mol. The van der Waals surface area contributed by atoms with Crippen LogP contribution in [0.4, 0.5) is 11.5 Å². The van der Waals surface area contributed by atoms with Gasteiger partial charge < -0.3 is 10.6 Å². The number of nitrogens with zero attached hydrogens (tertiary/aromatic N) is 1. The van der Waals surface area contributed by atoms with Crippen molar-refractivity contribution in [2.24, 2.45) is 0 Å². The minimum absolute atomic E-state index is 0.244. The number of hydrogen-bond donors (Lipinski definition) is 2. The lowest BCUT2D eigenvalue weighted by Crippen LogP contribution is -2.45. The lowest BCUT2D eigenvalue weighted by molar-refractivity contribution is 0.497. The third-order valence-corrected chi connectivity index (χ3v) is 3.62. The standard InChI is InChI=1S/C11H14ClN3/c12-8-5-9-10(13-6-8)15-11(7-14-9)3-1-2-4-11/h5-6,14H,1-4,7H2,(H,13,15). The number of rotatable bonds is 0. The Labute approximate surface area is 94.2 Å². The van der Waals surface area contributed by atoms with E-state index in [1.165, 1.54) is 25.7 Å². The van der Waals surface area contributed by atoms with Crippen molar-refractivity contribution in [3.05, 3.63) is 17.3 Å². The maximum Gasteiger partial charge on any atom is 0.149 e. The summed E-state index contributed by atoms with van der Waals surface area (Å²) in [5.74, 6) is 0.951. The smallest absolute Gasteiger partial charge is 0.149 e. The fourth-order valence-electron chi connectivity index (χ4n) is 2.59. The van der Waals surface area contributed by atoms with Gasteiger partial charge in [0.15, 0.2) is 0 Å². The van der Waals surface area contributed by atoms with Gasteiger partial charge >= 0.3 is 0 Å². The zero-order chi connectivity index (χ0) is 10.3. The van der Waals surface area contributed by atoms with Gasteiger partial charge in [-0.05, 0) is 18.9 Å². The van der Waals surface area contributed by atoms with Crippen LogP contribution in [0, 0.1) is 0 Å². The molecule has 2 heterocycles. The highest BCUT2D eigenvalue weighted by atomic mass is 35.5. The van der Waals surface area contributed by atoms with E-state index in [1.54, 1.807) is 6.20 Å². The van der Waals surface area contributed by atoms with Crippen molar-refractivity contribution in [3.63, 3.8) is 0 Å². The molecule has 1 aromatic rings. The normalized spacial score (nSPS) is 21.9. The summed E-state index contributed by atoms with van der Waals surface area (Å²) in [7, 11) is 0. The Hall–Kier alpha value is -0.960. The first-order valence-corrected chi connectivity index (χ1v) is 5.83. The first-order valence-electron chi connectivity index (χ1n) is 5.45. The first kappa shape index (κ1) is 9.28. The van der Waals surface area contributed by atoms with Crippen LogP contribution in [-0.2, 0) is 0 Å². The highest BCUT2D eigenvalue weighted by Gasteiger charge is 2.37. The van der Waals surface area contributed by atoms with Crippen LogP contribution in [0.3, 0.4) is 0 Å². The maximum absolute atomic E-state index is 5.90. The van der Waals surface area contributed by atoms with E-state index in [0.717, 1.165) is 18.1 Å². The molecule has 1 saturated carbocycles. The zero-order valence-electron chi connectivity index (χ0n) is 8.52. The van der Waals surface area contributed by atoms with E-state index in [1.807, 2.05) is 6.07 Å². The molecule has 4 heteroatoms. The summed E-state index contributed by atoms with van der Waals surface area (Å²) in [6, 6.07) is 1.93. The third kappa shape index (κ3) is 1.55. The first-order chi connectivity index (χ1) is 7.27. The highest BCUT2D eigenvalue weighted by Crippen LogP contribution is 2.38. The number of halogens is 1. The predicted molar refractivity (Wildman–Crippen MR) is 62.6 cm³/mol. The molecule has 0 atom stereocenters. The van der Waals surface area contributed by atoms with Crippen LogP contribution in [0.2, 0.25) is 5.02 Å². The van der Waals surface area contributed by atoms with Gasteiger partial charge in [0.25, 0.3) is 0 Å². The summed E-state index contributed by atoms with van der Waals surface area (Å²) in [5.41, 5.74) is 1.27. The van der Waals surface area contributed by atoms with E-state index in [2.05, 4.69) is 15.6 Å². The van der Waals surface area contributed by atoms with Crippen molar-refractivity contribution in [2.45, 2.75) is 31.2 Å². The lowest BCUT2D eigenvalue weighted by Gasteiger charge is -2.36. The van der Waals surface area contributed by atoms with E-state index in [0.29, 0.717) is 5.02 Å². The molecule has 2 N–H and O–H groups in total. The second-order valence-corrected chi connectivity index (χ2v) is 4.95. The molecule has 0 bridgehead atoms. The topological polar surface area (TPSA) is 37.0 Å². The Balaban J connectivity index is 1.93. The predicted octanol–water partition coefficient (Wildman–Crippen LogP) is 2.89. The molecule has 1 aliphatic heterocycles. The second kappa shape index (κ2) is 3.27. The van der Waals surface area contributed by atoms with Crippen LogP contribution in [0.15, 0.2) is 12.3 Å². The molecule has 15 heavy (non-hydrogen) atoms. The molecular formula is C11H14ClN3. The van der Waals surface area contributed by atoms with Gasteiger partial charge in [-0.2, -0.15) is 0 Å². The Kier molecular flexibility index (Phi) is 2.02. The van der Waals surface area contributed by atoms with Crippen LogP contribution in [0.25, 0.3) is 0 Å². The molecule has 1 fully saturated rings. The fourth-order valence-corrected chi connectivity index (χ4v) is 2.74. The number of fused-ring (bicyclic) bond motifs is 1. The fraction of sp³-hybridized carbons (Fsp3) is 0.545. The van der Waals surface area contributed by atoms with E-state index >= 15 is 0 Å². The second-order valence-electron chi connectivity index (χ2n) is 4.52. The number of nitrogens with one attached hydrogen (secondary N) is 2. The number of anilines is 2. The SMILES string of the molecule is Clc1cnc2c(c1)NCC1(CCCC1)N2. The highest BCUT2D eigenvalue weighted by molar-refractivity contribution is 6.30. The molecule has 3 rings (SSSR count). The van der Waals surface area contributed by atoms with Gasteiger partial charge in [-0.3, -0.25) is 0 Å². The van der Waals surface area contributed by atoms with Crippen LogP contribution >= 0.6 is 11.6 Å². The van der Waals surface area contributed by atoms with Crippen LogP contribution in [0.5, 0.6) is 0 Å². The molecule has 0 aromatic carbocycles. The maximum atomic E-state index is 5.90. The molecule has 0 unspecified atom stereocenters. The summed E-state index contributed by atoms with van der Waals surface area (Å²) in [6.07, 6.45) is 6.81. The molecular weight excluding hydrogens is 210 g/mol. The van der Waals surface area contributed by atoms with Crippen molar-refractivity contribution < 1.29 is 0 Å². The van der Waals surface area contributed by atoms with Gasteiger partial charge in [-0.25, -0.2) is 4.98 Å². The Morgan fingerprint density at radius 1 is 1.33 bits per heavy atom. The van der Waals surface area contributed by atoms with Crippen LogP contribution in [0.1, 0.15) is 25.7 Å². The van der Waals surface area contributed by atoms with Gasteiger partial charge in [0.05, 0.1) is 16.2 Å². The van der Waals surface area contributed by atoms with Gasteiger partial charge in [-0.15, -0.1) is 0 Å². The van der Waals surface area contributed by atoms with Crippen LogP contribution in [-0.4, -0.2) is 17.1 Å². The van der Waals surface area contributed by atoms with Gasteiger partial charge in [0, 0.05) is 12.7 Å². The Bertz CT molecular complexity index is 385. The largest absolute Gasteiger partial charge is 0.380 e. The molecule has 1 aromatic heterocycles. The summed E-state index contributed by atoms with van der Waals surface area (Å²) in [6.45, 7) is 0.988. The summed E-state index contributed by atoms with van der Waals surface area (Å²) in [4.78, 5) is 4.33. The van der Waals surface area contributed by atoms with E-state index in [4.69, 9.17) is 11.6 Å². The molecule has 2 aliphatic rings. The van der Waals surface area contributed by atoms with Gasteiger partial charge in [0.1, 0.15) is 5.82 Å². The van der Waals surface area contributed by atoms with Crippen molar-refractivity contribution >= 4 is 23.1 Å². The summed E-state index contributed by atoms with van der Waals surface area (Å²) >= 11 is 5.90. The quantitative estimate of drug-likeness (QED) is 0.710. The minimum atomic E-state index is 0.244. The van der Waals surface area contributed by atoms with Crippen molar-refractivity contribution in [2.75, 3.05) is 17.2 Å². The molecule has 3 nitrogen and oxygen atoms in total. The number of aromatic nitrogens is 1. The summed E-state index contributed by atoms with van der Waals surface area (Å²) in [5, 5.41) is 7.68. The van der Waals surface area contributed by atoms with Gasteiger partial charge in [-0.1, -0.05) is 24.4 Å². The summed E-state index contributed by atoms with van der Waals surface area (Å²) < 4.78 is 0. The van der Waals surface area contributed by atoms with Crippen molar-refractivity contribution in [1.82, 2.24) is 4.98 Å². The molecule has 1 spiro atoms. The van der Waals surface area contributed by atoms with Crippen molar-refractivity contribution in [3.8, 4) is 0 Å². The third-order valence-electron chi connectivity index (χ3n) is 3.42. The molecule has 0 amide bonds. The van der Waals surface area contributed by atoms with E-state index < -0.39 is 0 Å². The number of pyridine rings is 1. The van der Waals surface area contributed by atoms with Crippen LogP contribution < -0.4 is 10.6 Å². The molecule has 1 aliphatic carbocycles. The molecule has 0 radical (unpaired) electrons. The Morgan fingerprint density at radius 2 is 2.13 bits per heavy atom. The lowest BCUT2D eigenvalue weighted by atomic mass is 9.95. The number of hydrogen-bond acceptors (Lipinski definition) is 3.